The molecule has 1 aliphatic rings. The molecule has 5 aromatic rings. The molecule has 0 N–H and O–H groups in total. The Kier molecular flexibility index (Phi) is 5.14. The van der Waals surface area contributed by atoms with E-state index in [4.69, 9.17) is 0 Å². The molecule has 0 fully saturated rings. The fourth-order valence-corrected chi connectivity index (χ4v) is 8.31. The van der Waals surface area contributed by atoms with Crippen LogP contribution in [0.5, 0.6) is 5.75 Å². The summed E-state index contributed by atoms with van der Waals surface area (Å²) >= 11 is 5.53. The topological polar surface area (TPSA) is 2.70 Å². The second-order valence-electron chi connectivity index (χ2n) is 8.50. The number of benzene rings is 2. The Labute approximate surface area is 206 Å². The maximum Gasteiger partial charge on any atom is 0.434 e. The molecule has 0 atom stereocenters. The standard InChI is InChI=1S/C28H23BOS3/c1-20-13-15-21(16-14-20)27-22-8-3-4-9-23(22)30(2)29(25-11-6-18-32-25,26-12-7-19-33-26)28(27)24-10-5-17-31-24/h3-19H,1-2H3. The Balaban J connectivity index is 1.84. The molecule has 1 nitrogen and oxygen atoms in total. The van der Waals surface area contributed by atoms with Gasteiger partial charge in [-0.1, -0.05) is 77.8 Å². The van der Waals surface area contributed by atoms with E-state index in [1.165, 1.54) is 47.9 Å². The molecule has 0 amide bonds. The molecule has 162 valence electrons. The van der Waals surface area contributed by atoms with Gasteiger partial charge < -0.3 is 4.28 Å². The maximum absolute atomic E-state index is 3.67. The second-order valence-corrected chi connectivity index (χ2v) is 11.4. The third-order valence-electron chi connectivity index (χ3n) is 6.72. The summed E-state index contributed by atoms with van der Waals surface area (Å²) in [6.07, 6.45) is -1.44. The first-order valence-electron chi connectivity index (χ1n) is 11.0. The molecule has 5 heteroatoms. The van der Waals surface area contributed by atoms with Crippen molar-refractivity contribution in [3.05, 3.63) is 123 Å². The fraction of sp³-hybridized carbons (Fsp3) is 0.0714. The first-order chi connectivity index (χ1) is 16.2. The van der Waals surface area contributed by atoms with Gasteiger partial charge in [-0.3, -0.25) is 0 Å². The van der Waals surface area contributed by atoms with Crippen LogP contribution >= 0.6 is 34.0 Å². The van der Waals surface area contributed by atoms with E-state index >= 15 is 0 Å². The van der Waals surface area contributed by atoms with Crippen LogP contribution in [-0.2, 0) is 4.28 Å². The van der Waals surface area contributed by atoms with Crippen molar-refractivity contribution in [2.75, 3.05) is 7.11 Å². The highest BCUT2D eigenvalue weighted by molar-refractivity contribution is 7.40. The lowest BCUT2D eigenvalue weighted by atomic mass is 9.30. The van der Waals surface area contributed by atoms with Crippen molar-refractivity contribution in [1.82, 2.24) is 0 Å². The smallest absolute Gasteiger partial charge is 0.434 e. The number of hydrogen-bond donors (Lipinski definition) is 0. The van der Waals surface area contributed by atoms with Gasteiger partial charge >= 0.3 is 6.35 Å². The van der Waals surface area contributed by atoms with Gasteiger partial charge in [-0.15, -0.1) is 11.3 Å². The highest BCUT2D eigenvalue weighted by Gasteiger charge is 2.53. The zero-order chi connectivity index (χ0) is 22.4. The molecule has 6 rings (SSSR count). The van der Waals surface area contributed by atoms with Gasteiger partial charge in [0.25, 0.3) is 0 Å². The molecule has 0 saturated heterocycles. The lowest BCUT2D eigenvalue weighted by Crippen LogP contribution is -2.64. The van der Waals surface area contributed by atoms with E-state index in [2.05, 4.69) is 119 Å². The summed E-state index contributed by atoms with van der Waals surface area (Å²) in [4.78, 5) is 1.32. The van der Waals surface area contributed by atoms with Crippen LogP contribution in [0.25, 0.3) is 11.0 Å². The van der Waals surface area contributed by atoms with Crippen LogP contribution in [0, 0.1) is 6.92 Å². The predicted molar refractivity (Wildman–Crippen MR) is 148 cm³/mol. The van der Waals surface area contributed by atoms with Crippen LogP contribution < -0.4 is 9.55 Å². The van der Waals surface area contributed by atoms with Gasteiger partial charge in [-0.25, -0.2) is 0 Å². The molecule has 0 aliphatic carbocycles. The summed E-state index contributed by atoms with van der Waals surface area (Å²) in [5.41, 5.74) is 6.54. The average molecular weight is 483 g/mol. The maximum atomic E-state index is 3.67. The quantitative estimate of drug-likeness (QED) is 0.186. The molecule has 0 unspecified atom stereocenters. The van der Waals surface area contributed by atoms with E-state index in [1.807, 2.05) is 34.0 Å². The molecule has 0 saturated carbocycles. The van der Waals surface area contributed by atoms with Gasteiger partial charge in [0.15, 0.2) is 0 Å². The minimum atomic E-state index is -1.44. The van der Waals surface area contributed by atoms with Crippen LogP contribution in [0.15, 0.2) is 101 Å². The van der Waals surface area contributed by atoms with Gasteiger partial charge in [-0.2, -0.15) is 22.7 Å². The Morgan fingerprint density at radius 3 is 1.91 bits per heavy atom. The molecule has 0 radical (unpaired) electrons. The van der Waals surface area contributed by atoms with Crippen molar-refractivity contribution < 1.29 is 4.28 Å². The van der Waals surface area contributed by atoms with E-state index in [9.17, 15) is 0 Å². The first-order valence-corrected chi connectivity index (χ1v) is 13.7. The summed E-state index contributed by atoms with van der Waals surface area (Å²) in [6.45, 7) is 2.16. The highest BCUT2D eigenvalue weighted by Crippen LogP contribution is 2.52. The number of hydrogen-bond acceptors (Lipinski definition) is 3. The molecule has 0 bridgehead atoms. The van der Waals surface area contributed by atoms with Gasteiger partial charge in [0.1, 0.15) is 7.11 Å². The van der Waals surface area contributed by atoms with Crippen molar-refractivity contribution in [2.45, 2.75) is 6.92 Å². The normalized spacial score (nSPS) is 15.0. The Bertz CT molecular complexity index is 1380. The van der Waals surface area contributed by atoms with Crippen molar-refractivity contribution in [3.8, 4) is 5.75 Å². The predicted octanol–water partition coefficient (Wildman–Crippen LogP) is 7.35. The summed E-state index contributed by atoms with van der Waals surface area (Å²) in [5.74, 6) is 1.20. The average Bonchev–Trinajstić information content (AvgIpc) is 3.64. The molecule has 0 spiro atoms. The second kappa shape index (κ2) is 8.17. The van der Waals surface area contributed by atoms with E-state index in [0.717, 1.165) is 0 Å². The van der Waals surface area contributed by atoms with Crippen molar-refractivity contribution >= 4 is 61.0 Å². The lowest BCUT2D eigenvalue weighted by Gasteiger charge is -2.53. The summed E-state index contributed by atoms with van der Waals surface area (Å²) in [5, 5.41) is 6.61. The van der Waals surface area contributed by atoms with Crippen LogP contribution in [0.2, 0.25) is 0 Å². The molecular weight excluding hydrogens is 459 g/mol. The van der Waals surface area contributed by atoms with Crippen LogP contribution in [0.4, 0.5) is 0 Å². The van der Waals surface area contributed by atoms with Crippen LogP contribution in [0.3, 0.4) is 0 Å². The summed E-state index contributed by atoms with van der Waals surface area (Å²) in [6, 6.07) is 31.3. The number of fused-ring (bicyclic) bond motifs is 1. The monoisotopic (exact) mass is 482 g/mol. The Hall–Kier alpha value is -2.86. The zero-order valence-electron chi connectivity index (χ0n) is 18.5. The Morgan fingerprint density at radius 1 is 0.667 bits per heavy atom. The van der Waals surface area contributed by atoms with Crippen molar-refractivity contribution in [3.63, 3.8) is 0 Å². The van der Waals surface area contributed by atoms with E-state index in [-0.39, 0.29) is 0 Å². The molecule has 2 aromatic carbocycles. The van der Waals surface area contributed by atoms with E-state index in [0.29, 0.717) is 0 Å². The molecule has 33 heavy (non-hydrogen) atoms. The molecule has 4 heterocycles. The fourth-order valence-electron chi connectivity index (χ4n) is 5.27. The third-order valence-corrected chi connectivity index (χ3v) is 9.69. The number of rotatable bonds is 4. The molecule has 1 aliphatic heterocycles. The minimum absolute atomic E-state index is 1.20. The largest absolute Gasteiger partial charge is 0.809 e. The molecular formula is C28H23BOS3. The number of aryl methyl sites for hydroxylation is 1. The van der Waals surface area contributed by atoms with Crippen molar-refractivity contribution in [1.29, 1.82) is 0 Å². The van der Waals surface area contributed by atoms with Gasteiger partial charge in [0.2, 0.25) is 5.75 Å². The SMILES string of the molecule is Cc1ccc(C2=C(c3cccs3)[B-](c3cccs3)(c3cccs3)[O+](C)c3ccccc32)cc1. The van der Waals surface area contributed by atoms with Gasteiger partial charge in [-0.05, 0) is 55.9 Å². The number of thiophene rings is 3. The van der Waals surface area contributed by atoms with Crippen molar-refractivity contribution in [2.24, 2.45) is 0 Å². The lowest BCUT2D eigenvalue weighted by molar-refractivity contribution is 0.174. The summed E-state index contributed by atoms with van der Waals surface area (Å²) < 4.78 is 6.41. The van der Waals surface area contributed by atoms with Crippen LogP contribution in [-0.4, -0.2) is 13.5 Å². The first kappa shape index (κ1) is 20.7. The summed E-state index contributed by atoms with van der Waals surface area (Å²) in [7, 11) is 2.21. The molecule has 3 aromatic heterocycles. The highest BCUT2D eigenvalue weighted by atomic mass is 32.1. The van der Waals surface area contributed by atoms with E-state index < -0.39 is 6.35 Å². The third kappa shape index (κ3) is 3.11. The van der Waals surface area contributed by atoms with Gasteiger partial charge in [0, 0.05) is 10.9 Å². The zero-order valence-corrected chi connectivity index (χ0v) is 21.0. The van der Waals surface area contributed by atoms with Gasteiger partial charge in [0.05, 0.1) is 5.56 Å². The van der Waals surface area contributed by atoms with Crippen LogP contribution in [0.1, 0.15) is 21.6 Å². The minimum Gasteiger partial charge on any atom is -0.809 e. The Morgan fingerprint density at radius 2 is 1.30 bits per heavy atom. The van der Waals surface area contributed by atoms with E-state index in [1.54, 1.807) is 0 Å². The number of para-hydroxylation sites is 1.